The van der Waals surface area contributed by atoms with Gasteiger partial charge < -0.3 is 8.98 Å². The van der Waals surface area contributed by atoms with E-state index in [2.05, 4.69) is 88.4 Å². The van der Waals surface area contributed by atoms with Crippen LogP contribution in [0.1, 0.15) is 0 Å². The van der Waals surface area contributed by atoms with Crippen molar-refractivity contribution >= 4 is 43.4 Å². The topological polar surface area (TPSA) is 43.9 Å². The lowest BCUT2D eigenvalue weighted by molar-refractivity contribution is 0.582. The van der Waals surface area contributed by atoms with Gasteiger partial charge in [0.25, 0.3) is 0 Å². The molecule has 0 saturated heterocycles. The SMILES string of the molecule is c1ccc(-c2ccc(-c3ccco3)c(-n3c4ccccc4c4ccc(-c5nc6ccccc6s5)cc43)c2)nc1. The van der Waals surface area contributed by atoms with Gasteiger partial charge in [-0.2, -0.15) is 0 Å². The average molecular weight is 520 g/mol. The van der Waals surface area contributed by atoms with Gasteiger partial charge in [0.05, 0.1) is 38.9 Å². The third kappa shape index (κ3) is 3.59. The minimum atomic E-state index is 0.825. The molecule has 184 valence electrons. The number of thiazole rings is 1. The number of benzene rings is 4. The molecule has 0 unspecified atom stereocenters. The predicted molar refractivity (Wildman–Crippen MR) is 160 cm³/mol. The molecule has 5 heteroatoms. The van der Waals surface area contributed by atoms with E-state index in [9.17, 15) is 0 Å². The predicted octanol–water partition coefficient (Wildman–Crippen LogP) is 9.38. The van der Waals surface area contributed by atoms with Crippen molar-refractivity contribution in [3.05, 3.63) is 128 Å². The molecule has 0 radical (unpaired) electrons. The lowest BCUT2D eigenvalue weighted by atomic mass is 10.0. The smallest absolute Gasteiger partial charge is 0.135 e. The zero-order chi connectivity index (χ0) is 25.8. The molecule has 4 aromatic carbocycles. The van der Waals surface area contributed by atoms with Crippen LogP contribution >= 0.6 is 11.3 Å². The van der Waals surface area contributed by atoms with Crippen molar-refractivity contribution < 1.29 is 4.42 Å². The van der Waals surface area contributed by atoms with Crippen molar-refractivity contribution in [2.24, 2.45) is 0 Å². The number of rotatable bonds is 4. The Morgan fingerprint density at radius 1 is 0.667 bits per heavy atom. The Kier molecular flexibility index (Phi) is 4.96. The molecule has 0 atom stereocenters. The summed E-state index contributed by atoms with van der Waals surface area (Å²) in [5, 5.41) is 3.42. The Morgan fingerprint density at radius 2 is 1.51 bits per heavy atom. The van der Waals surface area contributed by atoms with E-state index in [1.54, 1.807) is 17.6 Å². The molecular formula is C34H21N3OS. The van der Waals surface area contributed by atoms with Crippen LogP contribution in [-0.4, -0.2) is 14.5 Å². The molecule has 0 N–H and O–H groups in total. The molecule has 0 amide bonds. The van der Waals surface area contributed by atoms with Crippen molar-refractivity contribution in [3.8, 4) is 38.8 Å². The van der Waals surface area contributed by atoms with Gasteiger partial charge in [0.1, 0.15) is 10.8 Å². The van der Waals surface area contributed by atoms with E-state index in [1.165, 1.54) is 15.5 Å². The number of aromatic nitrogens is 3. The monoisotopic (exact) mass is 519 g/mol. The molecule has 0 aliphatic carbocycles. The fourth-order valence-corrected chi connectivity index (χ4v) is 6.37. The van der Waals surface area contributed by atoms with Gasteiger partial charge in [-0.3, -0.25) is 4.98 Å². The van der Waals surface area contributed by atoms with Crippen molar-refractivity contribution in [2.75, 3.05) is 0 Å². The molecule has 8 rings (SSSR count). The van der Waals surface area contributed by atoms with E-state index in [1.807, 2.05) is 42.6 Å². The van der Waals surface area contributed by atoms with Crippen LogP contribution < -0.4 is 0 Å². The minimum Gasteiger partial charge on any atom is -0.464 e. The lowest BCUT2D eigenvalue weighted by Gasteiger charge is -2.15. The van der Waals surface area contributed by atoms with Crippen LogP contribution in [0.2, 0.25) is 0 Å². The Hall–Kier alpha value is -5.00. The Labute approximate surface area is 228 Å². The van der Waals surface area contributed by atoms with Gasteiger partial charge in [0, 0.05) is 33.7 Å². The highest BCUT2D eigenvalue weighted by molar-refractivity contribution is 7.21. The first kappa shape index (κ1) is 22.0. The largest absolute Gasteiger partial charge is 0.464 e. The normalized spacial score (nSPS) is 11.6. The zero-order valence-corrected chi connectivity index (χ0v) is 21.6. The summed E-state index contributed by atoms with van der Waals surface area (Å²) in [6, 6.07) is 40.0. The second-order valence-corrected chi connectivity index (χ2v) is 10.5. The zero-order valence-electron chi connectivity index (χ0n) is 20.8. The standard InChI is InChI=1S/C34H21N3OS/c1-3-11-29-24(8-1)25-16-15-23(34-36-28-10-2-4-13-33(28)39-34)21-30(25)37(29)31-20-22(27-9-5-6-18-35-27)14-17-26(31)32-12-7-19-38-32/h1-21H. The van der Waals surface area contributed by atoms with E-state index in [4.69, 9.17) is 9.40 Å². The molecular weight excluding hydrogens is 498 g/mol. The van der Waals surface area contributed by atoms with E-state index in [0.29, 0.717) is 0 Å². The average Bonchev–Trinajstić information content (AvgIpc) is 3.75. The molecule has 0 aliphatic rings. The maximum atomic E-state index is 5.92. The van der Waals surface area contributed by atoms with Crippen LogP contribution in [0.4, 0.5) is 0 Å². The van der Waals surface area contributed by atoms with Crippen LogP contribution in [0.15, 0.2) is 132 Å². The van der Waals surface area contributed by atoms with Crippen LogP contribution in [0, 0.1) is 0 Å². The molecule has 0 aliphatic heterocycles. The van der Waals surface area contributed by atoms with Gasteiger partial charge in [0.2, 0.25) is 0 Å². The molecule has 39 heavy (non-hydrogen) atoms. The summed E-state index contributed by atoms with van der Waals surface area (Å²) in [4.78, 5) is 9.57. The second-order valence-electron chi connectivity index (χ2n) is 9.50. The first-order valence-electron chi connectivity index (χ1n) is 12.8. The van der Waals surface area contributed by atoms with Gasteiger partial charge >= 0.3 is 0 Å². The lowest BCUT2D eigenvalue weighted by Crippen LogP contribution is -1.98. The molecule has 0 saturated carbocycles. The number of hydrogen-bond acceptors (Lipinski definition) is 4. The molecule has 0 fully saturated rings. The highest BCUT2D eigenvalue weighted by atomic mass is 32.1. The summed E-state index contributed by atoms with van der Waals surface area (Å²) < 4.78 is 9.46. The maximum Gasteiger partial charge on any atom is 0.135 e. The van der Waals surface area contributed by atoms with Crippen molar-refractivity contribution in [1.82, 2.24) is 14.5 Å². The van der Waals surface area contributed by atoms with Crippen molar-refractivity contribution in [1.29, 1.82) is 0 Å². The van der Waals surface area contributed by atoms with E-state index >= 15 is 0 Å². The number of furan rings is 1. The Bertz CT molecular complexity index is 2090. The number of hydrogen-bond donors (Lipinski definition) is 0. The summed E-state index contributed by atoms with van der Waals surface area (Å²) in [6.45, 7) is 0. The fraction of sp³-hybridized carbons (Fsp3) is 0. The number of nitrogens with zero attached hydrogens (tertiary/aromatic N) is 3. The summed E-state index contributed by atoms with van der Waals surface area (Å²) in [6.07, 6.45) is 3.56. The second kappa shape index (κ2) is 8.79. The highest BCUT2D eigenvalue weighted by Gasteiger charge is 2.19. The first-order valence-corrected chi connectivity index (χ1v) is 13.6. The van der Waals surface area contributed by atoms with Crippen LogP contribution in [0.25, 0.3) is 70.9 Å². The van der Waals surface area contributed by atoms with Gasteiger partial charge in [-0.05, 0) is 60.7 Å². The minimum absolute atomic E-state index is 0.825. The summed E-state index contributed by atoms with van der Waals surface area (Å²) in [5.41, 5.74) is 8.44. The van der Waals surface area contributed by atoms with Crippen LogP contribution in [0.5, 0.6) is 0 Å². The van der Waals surface area contributed by atoms with Crippen LogP contribution in [-0.2, 0) is 0 Å². The Morgan fingerprint density at radius 3 is 2.38 bits per heavy atom. The molecule has 0 bridgehead atoms. The Balaban J connectivity index is 1.44. The molecule has 0 spiro atoms. The van der Waals surface area contributed by atoms with Crippen LogP contribution in [0.3, 0.4) is 0 Å². The van der Waals surface area contributed by atoms with E-state index in [-0.39, 0.29) is 0 Å². The molecule has 4 nitrogen and oxygen atoms in total. The first-order chi connectivity index (χ1) is 19.3. The third-order valence-electron chi connectivity index (χ3n) is 7.20. The molecule has 4 heterocycles. The van der Waals surface area contributed by atoms with Crippen molar-refractivity contribution in [3.63, 3.8) is 0 Å². The summed E-state index contributed by atoms with van der Waals surface area (Å²) in [5.74, 6) is 0.825. The molecule has 4 aromatic heterocycles. The molecule has 8 aromatic rings. The number of para-hydroxylation sites is 2. The fourth-order valence-electron chi connectivity index (χ4n) is 5.41. The van der Waals surface area contributed by atoms with Gasteiger partial charge in [-0.15, -0.1) is 11.3 Å². The van der Waals surface area contributed by atoms with Gasteiger partial charge in [-0.25, -0.2) is 4.98 Å². The van der Waals surface area contributed by atoms with E-state index in [0.717, 1.165) is 55.4 Å². The quantitative estimate of drug-likeness (QED) is 0.233. The number of pyridine rings is 1. The van der Waals surface area contributed by atoms with Crippen molar-refractivity contribution in [2.45, 2.75) is 0 Å². The summed E-state index contributed by atoms with van der Waals surface area (Å²) >= 11 is 1.72. The number of fused-ring (bicyclic) bond motifs is 4. The maximum absolute atomic E-state index is 5.92. The highest BCUT2D eigenvalue weighted by Crippen LogP contribution is 2.40. The summed E-state index contributed by atoms with van der Waals surface area (Å²) in [7, 11) is 0. The van der Waals surface area contributed by atoms with Gasteiger partial charge in [-0.1, -0.05) is 54.6 Å². The third-order valence-corrected chi connectivity index (χ3v) is 8.29. The van der Waals surface area contributed by atoms with E-state index < -0.39 is 0 Å². The van der Waals surface area contributed by atoms with Gasteiger partial charge in [0.15, 0.2) is 0 Å².